The Hall–Kier alpha value is -2.38. The predicted molar refractivity (Wildman–Crippen MR) is 54.8 cm³/mol. The van der Waals surface area contributed by atoms with Crippen molar-refractivity contribution in [1.82, 2.24) is 0 Å². The average Bonchev–Trinajstić information content (AvgIpc) is 2.28. The normalized spacial score (nSPS) is 11.5. The fourth-order valence-electron chi connectivity index (χ4n) is 1.29. The molecule has 1 aromatic rings. The van der Waals surface area contributed by atoms with E-state index in [-0.39, 0.29) is 13.0 Å². The summed E-state index contributed by atoms with van der Waals surface area (Å²) in [7, 11) is 0. The molecule has 0 amide bonds. The van der Waals surface area contributed by atoms with Crippen LogP contribution < -0.4 is 0 Å². The van der Waals surface area contributed by atoms with Gasteiger partial charge in [-0.3, -0.25) is 0 Å². The van der Waals surface area contributed by atoms with Crippen LogP contribution in [0.1, 0.15) is 18.1 Å². The minimum atomic E-state index is -0.950. The second kappa shape index (κ2) is 6.26. The SMILES string of the molecule is O=[N+]([O-])OCCC(O[N+](=O)[O-])c1ccccc1. The minimum Gasteiger partial charge on any atom is -0.314 e. The van der Waals surface area contributed by atoms with Crippen molar-refractivity contribution in [3.05, 3.63) is 56.1 Å². The molecule has 0 aliphatic rings. The van der Waals surface area contributed by atoms with Gasteiger partial charge < -0.3 is 9.68 Å². The molecule has 8 nitrogen and oxygen atoms in total. The summed E-state index contributed by atoms with van der Waals surface area (Å²) in [5, 5.41) is 18.4. The third-order valence-corrected chi connectivity index (χ3v) is 1.96. The largest absolute Gasteiger partial charge is 0.314 e. The number of hydrogen-bond donors (Lipinski definition) is 0. The number of rotatable bonds is 7. The van der Waals surface area contributed by atoms with Crippen molar-refractivity contribution >= 4 is 0 Å². The van der Waals surface area contributed by atoms with Gasteiger partial charge >= 0.3 is 0 Å². The fraction of sp³-hybridized carbons (Fsp3) is 0.333. The molecule has 0 aromatic heterocycles. The molecule has 0 aliphatic carbocycles. The van der Waals surface area contributed by atoms with Gasteiger partial charge in [0.15, 0.2) is 0 Å². The highest BCUT2D eigenvalue weighted by molar-refractivity contribution is 5.17. The van der Waals surface area contributed by atoms with E-state index in [1.54, 1.807) is 30.3 Å². The van der Waals surface area contributed by atoms with Gasteiger partial charge in [0.05, 0.1) is 6.61 Å². The second-order valence-corrected chi connectivity index (χ2v) is 3.07. The maximum Gasteiger partial charge on any atom is 0.295 e. The molecule has 0 spiro atoms. The van der Waals surface area contributed by atoms with E-state index in [2.05, 4.69) is 9.68 Å². The van der Waals surface area contributed by atoms with Crippen LogP contribution in [-0.4, -0.2) is 16.8 Å². The molecule has 0 saturated heterocycles. The summed E-state index contributed by atoms with van der Waals surface area (Å²) in [6.45, 7) is -0.263. The molecule has 8 heteroatoms. The topological polar surface area (TPSA) is 105 Å². The zero-order chi connectivity index (χ0) is 12.7. The van der Waals surface area contributed by atoms with E-state index in [1.807, 2.05) is 0 Å². The zero-order valence-electron chi connectivity index (χ0n) is 8.72. The molecule has 1 unspecified atom stereocenters. The van der Waals surface area contributed by atoms with Crippen molar-refractivity contribution in [2.75, 3.05) is 6.61 Å². The van der Waals surface area contributed by atoms with Crippen LogP contribution in [0.25, 0.3) is 0 Å². The Bertz CT molecular complexity index is 382. The van der Waals surface area contributed by atoms with Gasteiger partial charge in [-0.1, -0.05) is 30.3 Å². The molecule has 92 valence electrons. The Morgan fingerprint density at radius 2 is 1.76 bits per heavy atom. The lowest BCUT2D eigenvalue weighted by molar-refractivity contribution is -0.776. The lowest BCUT2D eigenvalue weighted by atomic mass is 10.1. The number of nitrogens with zero attached hydrogens (tertiary/aromatic N) is 2. The van der Waals surface area contributed by atoms with Gasteiger partial charge in [0.1, 0.15) is 6.10 Å². The first kappa shape index (κ1) is 12.7. The van der Waals surface area contributed by atoms with E-state index in [4.69, 9.17) is 0 Å². The Labute approximate surface area is 96.0 Å². The maximum atomic E-state index is 10.3. The van der Waals surface area contributed by atoms with Crippen LogP contribution in [0, 0.1) is 20.2 Å². The van der Waals surface area contributed by atoms with Crippen molar-refractivity contribution in [2.45, 2.75) is 12.5 Å². The average molecular weight is 242 g/mol. The van der Waals surface area contributed by atoms with Gasteiger partial charge in [-0.15, -0.1) is 20.2 Å². The van der Waals surface area contributed by atoms with Gasteiger partial charge in [0.2, 0.25) is 0 Å². The monoisotopic (exact) mass is 242 g/mol. The highest BCUT2D eigenvalue weighted by atomic mass is 17.0. The molecule has 0 N–H and O–H groups in total. The fourth-order valence-corrected chi connectivity index (χ4v) is 1.29. The van der Waals surface area contributed by atoms with Crippen LogP contribution in [0.3, 0.4) is 0 Å². The molecular formula is C9H10N2O6. The number of hydrogen-bond acceptors (Lipinski definition) is 6. The molecule has 0 bridgehead atoms. The van der Waals surface area contributed by atoms with Crippen molar-refractivity contribution < 1.29 is 19.8 Å². The van der Waals surface area contributed by atoms with Crippen molar-refractivity contribution in [2.24, 2.45) is 0 Å². The third-order valence-electron chi connectivity index (χ3n) is 1.96. The Morgan fingerprint density at radius 1 is 1.12 bits per heavy atom. The van der Waals surface area contributed by atoms with E-state index < -0.39 is 16.3 Å². The molecule has 0 fully saturated rings. The van der Waals surface area contributed by atoms with Crippen LogP contribution in [0.15, 0.2) is 30.3 Å². The van der Waals surface area contributed by atoms with Crippen molar-refractivity contribution in [3.63, 3.8) is 0 Å². The molecule has 1 aromatic carbocycles. The summed E-state index contributed by atoms with van der Waals surface area (Å²) in [6, 6.07) is 8.42. The lowest BCUT2D eigenvalue weighted by Gasteiger charge is -2.14. The molecule has 17 heavy (non-hydrogen) atoms. The summed E-state index contributed by atoms with van der Waals surface area (Å²) in [6.07, 6.45) is -0.849. The van der Waals surface area contributed by atoms with E-state index >= 15 is 0 Å². The molecule has 0 aliphatic heterocycles. The Morgan fingerprint density at radius 3 is 2.29 bits per heavy atom. The summed E-state index contributed by atoms with van der Waals surface area (Å²) in [4.78, 5) is 28.8. The van der Waals surface area contributed by atoms with Crippen LogP contribution in [0.2, 0.25) is 0 Å². The first-order chi connectivity index (χ1) is 8.09. The maximum absolute atomic E-state index is 10.3. The van der Waals surface area contributed by atoms with E-state index in [0.717, 1.165) is 0 Å². The number of benzene rings is 1. The smallest absolute Gasteiger partial charge is 0.295 e. The molecule has 0 heterocycles. The molecule has 1 rings (SSSR count). The predicted octanol–water partition coefficient (Wildman–Crippen LogP) is 1.53. The first-order valence-corrected chi connectivity index (χ1v) is 4.73. The first-order valence-electron chi connectivity index (χ1n) is 4.73. The highest BCUT2D eigenvalue weighted by Crippen LogP contribution is 2.20. The summed E-state index contributed by atoms with van der Waals surface area (Å²) < 4.78 is 0. The molecule has 0 radical (unpaired) electrons. The summed E-state index contributed by atoms with van der Waals surface area (Å²) in [5.41, 5.74) is 0.566. The third kappa shape index (κ3) is 4.78. The van der Waals surface area contributed by atoms with Crippen LogP contribution in [0.4, 0.5) is 0 Å². The summed E-state index contributed by atoms with van der Waals surface area (Å²) >= 11 is 0. The Kier molecular flexibility index (Phi) is 4.67. The van der Waals surface area contributed by atoms with Gasteiger partial charge in [-0.25, -0.2) is 0 Å². The van der Waals surface area contributed by atoms with Gasteiger partial charge in [-0.2, -0.15) is 0 Å². The lowest BCUT2D eigenvalue weighted by Crippen LogP contribution is -2.13. The van der Waals surface area contributed by atoms with E-state index in [9.17, 15) is 20.2 Å². The van der Waals surface area contributed by atoms with Crippen molar-refractivity contribution in [3.8, 4) is 0 Å². The van der Waals surface area contributed by atoms with Crippen molar-refractivity contribution in [1.29, 1.82) is 0 Å². The zero-order valence-corrected chi connectivity index (χ0v) is 8.72. The van der Waals surface area contributed by atoms with Gasteiger partial charge in [0, 0.05) is 6.42 Å². The second-order valence-electron chi connectivity index (χ2n) is 3.07. The molecule has 1 atom stereocenters. The quantitative estimate of drug-likeness (QED) is 0.530. The molecule has 0 saturated carbocycles. The van der Waals surface area contributed by atoms with Crippen LogP contribution in [0.5, 0.6) is 0 Å². The van der Waals surface area contributed by atoms with Crippen LogP contribution in [-0.2, 0) is 9.68 Å². The van der Waals surface area contributed by atoms with Gasteiger partial charge in [-0.05, 0) is 5.56 Å². The summed E-state index contributed by atoms with van der Waals surface area (Å²) in [5.74, 6) is 0. The van der Waals surface area contributed by atoms with E-state index in [0.29, 0.717) is 5.56 Å². The highest BCUT2D eigenvalue weighted by Gasteiger charge is 2.16. The molecular weight excluding hydrogens is 232 g/mol. The van der Waals surface area contributed by atoms with Gasteiger partial charge in [0.25, 0.3) is 10.2 Å². The van der Waals surface area contributed by atoms with E-state index in [1.165, 1.54) is 0 Å². The standard InChI is InChI=1S/C9H10N2O6/c12-10(13)16-7-6-9(17-11(14)15)8-4-2-1-3-5-8/h1-5,9H,6-7H2. The minimum absolute atomic E-state index is 0.0198. The Balaban J connectivity index is 2.61. The van der Waals surface area contributed by atoms with Crippen LogP contribution >= 0.6 is 0 Å².